The molecule has 1 aromatic heterocycles. The second kappa shape index (κ2) is 9.82. The summed E-state index contributed by atoms with van der Waals surface area (Å²) < 4.78 is 15.7. The highest BCUT2D eigenvalue weighted by atomic mass is 16.5. The highest BCUT2D eigenvalue weighted by Gasteiger charge is 1.98. The topological polar surface area (TPSA) is 52.6 Å². The SMILES string of the molecule is CCNCc1cccc(OCCOCCOC)n1. The number of aromatic nitrogens is 1. The molecule has 0 aromatic carbocycles. The predicted octanol–water partition coefficient (Wildman–Crippen LogP) is 1.23. The van der Waals surface area contributed by atoms with Gasteiger partial charge in [-0.15, -0.1) is 0 Å². The van der Waals surface area contributed by atoms with Crippen LogP contribution >= 0.6 is 0 Å². The van der Waals surface area contributed by atoms with Gasteiger partial charge in [-0.25, -0.2) is 4.98 Å². The minimum absolute atomic E-state index is 0.501. The Labute approximate surface area is 108 Å². The molecule has 0 aliphatic carbocycles. The van der Waals surface area contributed by atoms with Crippen LogP contribution in [-0.2, 0) is 16.0 Å². The quantitative estimate of drug-likeness (QED) is 0.637. The van der Waals surface area contributed by atoms with Crippen molar-refractivity contribution in [3.63, 3.8) is 0 Å². The lowest BCUT2D eigenvalue weighted by Crippen LogP contribution is -2.14. The Kier molecular flexibility index (Phi) is 8.12. The summed E-state index contributed by atoms with van der Waals surface area (Å²) in [6.07, 6.45) is 0. The Morgan fingerprint density at radius 2 is 2.00 bits per heavy atom. The molecule has 0 aliphatic rings. The molecule has 5 nitrogen and oxygen atoms in total. The monoisotopic (exact) mass is 254 g/mol. The molecule has 0 radical (unpaired) electrons. The molecule has 0 atom stereocenters. The molecule has 1 rings (SSSR count). The Hall–Kier alpha value is -1.17. The molecule has 0 fully saturated rings. The first-order chi connectivity index (χ1) is 8.86. The van der Waals surface area contributed by atoms with Crippen molar-refractivity contribution in [3.8, 4) is 5.88 Å². The zero-order valence-corrected chi connectivity index (χ0v) is 11.1. The summed E-state index contributed by atoms with van der Waals surface area (Å²) in [5.74, 6) is 0.640. The molecule has 5 heteroatoms. The van der Waals surface area contributed by atoms with E-state index in [0.29, 0.717) is 32.3 Å². The summed E-state index contributed by atoms with van der Waals surface area (Å²) in [7, 11) is 1.65. The molecule has 0 bridgehead atoms. The standard InChI is InChI=1S/C13H22N2O3/c1-3-14-11-12-5-4-6-13(15-12)18-10-9-17-8-7-16-2/h4-6,14H,3,7-11H2,1-2H3. The Balaban J connectivity index is 2.20. The van der Waals surface area contributed by atoms with Gasteiger partial charge in [0.15, 0.2) is 0 Å². The molecule has 102 valence electrons. The van der Waals surface area contributed by atoms with Crippen LogP contribution in [0.15, 0.2) is 18.2 Å². The Morgan fingerprint density at radius 3 is 2.78 bits per heavy atom. The molecule has 0 unspecified atom stereocenters. The van der Waals surface area contributed by atoms with Crippen molar-refractivity contribution >= 4 is 0 Å². The third-order valence-electron chi connectivity index (χ3n) is 2.25. The fraction of sp³-hybridized carbons (Fsp3) is 0.615. The molecule has 0 saturated carbocycles. The zero-order valence-electron chi connectivity index (χ0n) is 11.1. The van der Waals surface area contributed by atoms with Crippen molar-refractivity contribution in [1.29, 1.82) is 0 Å². The maximum absolute atomic E-state index is 5.50. The van der Waals surface area contributed by atoms with E-state index in [1.807, 2.05) is 18.2 Å². The number of hydrogen-bond donors (Lipinski definition) is 1. The van der Waals surface area contributed by atoms with Gasteiger partial charge in [-0.05, 0) is 12.6 Å². The Bertz CT molecular complexity index is 321. The fourth-order valence-electron chi connectivity index (χ4n) is 1.34. The fourth-order valence-corrected chi connectivity index (χ4v) is 1.34. The van der Waals surface area contributed by atoms with Crippen LogP contribution in [0.5, 0.6) is 5.88 Å². The Morgan fingerprint density at radius 1 is 1.17 bits per heavy atom. The van der Waals surface area contributed by atoms with Crippen LogP contribution < -0.4 is 10.1 Å². The summed E-state index contributed by atoms with van der Waals surface area (Å²) in [5, 5.41) is 3.23. The average molecular weight is 254 g/mol. The van der Waals surface area contributed by atoms with Crippen LogP contribution in [0.4, 0.5) is 0 Å². The molecule has 1 aromatic rings. The van der Waals surface area contributed by atoms with E-state index in [-0.39, 0.29) is 0 Å². The summed E-state index contributed by atoms with van der Waals surface area (Å²) in [6, 6.07) is 5.77. The summed E-state index contributed by atoms with van der Waals surface area (Å²) in [5.41, 5.74) is 0.981. The number of nitrogens with one attached hydrogen (secondary N) is 1. The first kappa shape index (κ1) is 14.9. The molecular weight excluding hydrogens is 232 g/mol. The van der Waals surface area contributed by atoms with Crippen LogP contribution in [0, 0.1) is 0 Å². The molecule has 1 N–H and O–H groups in total. The van der Waals surface area contributed by atoms with Crippen molar-refractivity contribution in [2.75, 3.05) is 40.1 Å². The minimum atomic E-state index is 0.501. The van der Waals surface area contributed by atoms with Gasteiger partial charge in [-0.3, -0.25) is 0 Å². The lowest BCUT2D eigenvalue weighted by atomic mass is 10.3. The van der Waals surface area contributed by atoms with E-state index >= 15 is 0 Å². The largest absolute Gasteiger partial charge is 0.475 e. The van der Waals surface area contributed by atoms with Crippen molar-refractivity contribution < 1.29 is 14.2 Å². The summed E-state index contributed by atoms with van der Waals surface area (Å²) in [6.45, 7) is 6.00. The van der Waals surface area contributed by atoms with Gasteiger partial charge in [-0.1, -0.05) is 13.0 Å². The van der Waals surface area contributed by atoms with E-state index in [1.54, 1.807) is 7.11 Å². The van der Waals surface area contributed by atoms with E-state index in [9.17, 15) is 0 Å². The third-order valence-corrected chi connectivity index (χ3v) is 2.25. The third kappa shape index (κ3) is 6.54. The molecular formula is C13H22N2O3. The number of methoxy groups -OCH3 is 1. The second-order valence-corrected chi connectivity index (χ2v) is 3.70. The first-order valence-corrected chi connectivity index (χ1v) is 6.23. The van der Waals surface area contributed by atoms with Crippen molar-refractivity contribution in [2.45, 2.75) is 13.5 Å². The van der Waals surface area contributed by atoms with Crippen LogP contribution in [0.25, 0.3) is 0 Å². The molecule has 0 amide bonds. The summed E-state index contributed by atoms with van der Waals surface area (Å²) in [4.78, 5) is 4.38. The van der Waals surface area contributed by atoms with Crippen molar-refractivity contribution in [3.05, 3.63) is 23.9 Å². The lowest BCUT2D eigenvalue weighted by molar-refractivity contribution is 0.0536. The van der Waals surface area contributed by atoms with Gasteiger partial charge >= 0.3 is 0 Å². The number of ether oxygens (including phenoxy) is 3. The predicted molar refractivity (Wildman–Crippen MR) is 69.8 cm³/mol. The van der Waals surface area contributed by atoms with Crippen LogP contribution in [0.3, 0.4) is 0 Å². The number of pyridine rings is 1. The van der Waals surface area contributed by atoms with Gasteiger partial charge in [-0.2, -0.15) is 0 Å². The van der Waals surface area contributed by atoms with Gasteiger partial charge in [0.25, 0.3) is 0 Å². The van der Waals surface area contributed by atoms with Crippen molar-refractivity contribution in [1.82, 2.24) is 10.3 Å². The van der Waals surface area contributed by atoms with Gasteiger partial charge < -0.3 is 19.5 Å². The highest BCUT2D eigenvalue weighted by molar-refractivity contribution is 5.15. The van der Waals surface area contributed by atoms with Gasteiger partial charge in [0, 0.05) is 19.7 Å². The lowest BCUT2D eigenvalue weighted by Gasteiger charge is -2.07. The maximum atomic E-state index is 5.50. The number of nitrogens with zero attached hydrogens (tertiary/aromatic N) is 1. The normalized spacial score (nSPS) is 10.6. The first-order valence-electron chi connectivity index (χ1n) is 6.23. The van der Waals surface area contributed by atoms with Crippen molar-refractivity contribution in [2.24, 2.45) is 0 Å². The number of rotatable bonds is 10. The maximum Gasteiger partial charge on any atom is 0.213 e. The average Bonchev–Trinajstić information content (AvgIpc) is 2.41. The highest BCUT2D eigenvalue weighted by Crippen LogP contribution is 2.07. The molecule has 0 saturated heterocycles. The van der Waals surface area contributed by atoms with E-state index in [4.69, 9.17) is 14.2 Å². The molecule has 0 aliphatic heterocycles. The van der Waals surface area contributed by atoms with Gasteiger partial charge in [0.2, 0.25) is 5.88 Å². The van der Waals surface area contributed by atoms with E-state index in [2.05, 4.69) is 17.2 Å². The van der Waals surface area contributed by atoms with E-state index < -0.39 is 0 Å². The van der Waals surface area contributed by atoms with E-state index in [0.717, 1.165) is 18.8 Å². The molecule has 0 spiro atoms. The minimum Gasteiger partial charge on any atom is -0.475 e. The summed E-state index contributed by atoms with van der Waals surface area (Å²) >= 11 is 0. The molecule has 1 heterocycles. The second-order valence-electron chi connectivity index (χ2n) is 3.70. The van der Waals surface area contributed by atoms with Gasteiger partial charge in [0.05, 0.1) is 25.5 Å². The van der Waals surface area contributed by atoms with Crippen LogP contribution in [0.1, 0.15) is 12.6 Å². The van der Waals surface area contributed by atoms with E-state index in [1.165, 1.54) is 0 Å². The smallest absolute Gasteiger partial charge is 0.213 e. The van der Waals surface area contributed by atoms with Crippen LogP contribution in [0.2, 0.25) is 0 Å². The van der Waals surface area contributed by atoms with Gasteiger partial charge in [0.1, 0.15) is 6.61 Å². The number of hydrogen-bond acceptors (Lipinski definition) is 5. The zero-order chi connectivity index (χ0) is 13.1. The molecule has 18 heavy (non-hydrogen) atoms. The van der Waals surface area contributed by atoms with Crippen LogP contribution in [-0.4, -0.2) is 45.1 Å².